The Morgan fingerprint density at radius 2 is 1.73 bits per heavy atom. The Morgan fingerprint density at radius 1 is 0.939 bits per heavy atom. The van der Waals surface area contributed by atoms with Crippen LogP contribution in [0.1, 0.15) is 43.2 Å². The monoisotopic (exact) mass is 444 g/mol. The van der Waals surface area contributed by atoms with Crippen LogP contribution < -0.4 is 4.74 Å². The normalized spacial score (nSPS) is 16.2. The maximum atomic E-state index is 12.5. The number of benzene rings is 3. The van der Waals surface area contributed by atoms with Crippen molar-refractivity contribution in [3.8, 4) is 5.75 Å². The van der Waals surface area contributed by atoms with E-state index in [1.54, 1.807) is 4.90 Å². The maximum absolute atomic E-state index is 12.5. The van der Waals surface area contributed by atoms with Gasteiger partial charge in [-0.3, -0.25) is 9.69 Å². The van der Waals surface area contributed by atoms with Crippen molar-refractivity contribution in [3.05, 3.63) is 77.9 Å². The number of hydrogen-bond acceptors (Lipinski definition) is 3. The van der Waals surface area contributed by atoms with Crippen molar-refractivity contribution in [2.45, 2.75) is 51.1 Å². The molecule has 0 unspecified atom stereocenters. The van der Waals surface area contributed by atoms with Crippen LogP contribution >= 0.6 is 0 Å². The van der Waals surface area contributed by atoms with Gasteiger partial charge >= 0.3 is 0 Å². The molecule has 1 heterocycles. The van der Waals surface area contributed by atoms with E-state index in [-0.39, 0.29) is 11.9 Å². The molecule has 174 valence electrons. The van der Waals surface area contributed by atoms with Crippen LogP contribution in [0.25, 0.3) is 10.8 Å². The fourth-order valence-corrected chi connectivity index (χ4v) is 4.73. The number of carbonyl (C=O) groups excluding carboxylic acids is 1. The number of likely N-dealkylation sites (tertiary alicyclic amines) is 1. The standard InChI is InChI=1S/C29H36N2O2/c1-30(2)29(32)28-13-9-18-31(28)22-24-14-15-26-21-27(17-16-25(26)20-24)33-19-8-4-7-12-23-10-5-3-6-11-23/h3,5-6,10-11,14-17,20-21,28H,4,7-9,12-13,18-19,22H2,1-2H3/t28-/m0/s1. The average molecular weight is 445 g/mol. The highest BCUT2D eigenvalue weighted by Gasteiger charge is 2.31. The Bertz CT molecular complexity index is 1050. The summed E-state index contributed by atoms with van der Waals surface area (Å²) in [5.74, 6) is 1.16. The van der Waals surface area contributed by atoms with Gasteiger partial charge in [0, 0.05) is 20.6 Å². The highest BCUT2D eigenvalue weighted by atomic mass is 16.5. The van der Waals surface area contributed by atoms with Crippen molar-refractivity contribution in [1.82, 2.24) is 9.80 Å². The van der Waals surface area contributed by atoms with Crippen LogP contribution in [0.5, 0.6) is 5.75 Å². The lowest BCUT2D eigenvalue weighted by Gasteiger charge is -2.26. The molecule has 0 spiro atoms. The molecule has 1 fully saturated rings. The summed E-state index contributed by atoms with van der Waals surface area (Å²) in [6, 6.07) is 23.7. The highest BCUT2D eigenvalue weighted by molar-refractivity contribution is 5.84. The number of rotatable bonds is 10. The molecule has 1 aliphatic rings. The molecule has 1 saturated heterocycles. The van der Waals surface area contributed by atoms with E-state index < -0.39 is 0 Å². The van der Waals surface area contributed by atoms with E-state index in [2.05, 4.69) is 71.6 Å². The van der Waals surface area contributed by atoms with Gasteiger partial charge in [-0.25, -0.2) is 0 Å². The van der Waals surface area contributed by atoms with E-state index in [1.807, 2.05) is 14.1 Å². The second-order valence-corrected chi connectivity index (χ2v) is 9.35. The first kappa shape index (κ1) is 23.3. The number of carbonyl (C=O) groups is 1. The Hall–Kier alpha value is -2.85. The lowest BCUT2D eigenvalue weighted by molar-refractivity contribution is -0.133. The molecule has 0 radical (unpaired) electrons. The van der Waals surface area contributed by atoms with Crippen molar-refractivity contribution in [2.75, 3.05) is 27.2 Å². The van der Waals surface area contributed by atoms with Gasteiger partial charge in [0.15, 0.2) is 0 Å². The van der Waals surface area contributed by atoms with Crippen LogP contribution in [0.15, 0.2) is 66.7 Å². The molecule has 0 saturated carbocycles. The number of amides is 1. The molecule has 4 nitrogen and oxygen atoms in total. The average Bonchev–Trinajstić information content (AvgIpc) is 3.29. The second kappa shape index (κ2) is 11.3. The minimum absolute atomic E-state index is 0.0131. The Kier molecular flexibility index (Phi) is 8.01. The Balaban J connectivity index is 1.26. The third-order valence-corrected chi connectivity index (χ3v) is 6.57. The van der Waals surface area contributed by atoms with Gasteiger partial charge in [-0.05, 0) is 85.2 Å². The van der Waals surface area contributed by atoms with Gasteiger partial charge in [-0.2, -0.15) is 0 Å². The third-order valence-electron chi connectivity index (χ3n) is 6.57. The molecule has 0 bridgehead atoms. The van der Waals surface area contributed by atoms with Crippen molar-refractivity contribution in [2.24, 2.45) is 0 Å². The largest absolute Gasteiger partial charge is 0.494 e. The van der Waals surface area contributed by atoms with Gasteiger partial charge in [0.1, 0.15) is 5.75 Å². The molecule has 4 heteroatoms. The molecular weight excluding hydrogens is 408 g/mol. The molecular formula is C29H36N2O2. The zero-order chi connectivity index (χ0) is 23.0. The number of ether oxygens (including phenoxy) is 1. The lowest BCUT2D eigenvalue weighted by Crippen LogP contribution is -2.42. The zero-order valence-corrected chi connectivity index (χ0v) is 20.0. The van der Waals surface area contributed by atoms with Crippen LogP contribution in [0, 0.1) is 0 Å². The van der Waals surface area contributed by atoms with Gasteiger partial charge in [0.25, 0.3) is 0 Å². The smallest absolute Gasteiger partial charge is 0.239 e. The number of hydrogen-bond donors (Lipinski definition) is 0. The summed E-state index contributed by atoms with van der Waals surface area (Å²) in [7, 11) is 3.69. The molecule has 3 aromatic rings. The lowest BCUT2D eigenvalue weighted by atomic mass is 10.1. The van der Waals surface area contributed by atoms with Gasteiger partial charge in [0.2, 0.25) is 5.91 Å². The summed E-state index contributed by atoms with van der Waals surface area (Å²) >= 11 is 0. The molecule has 0 aliphatic carbocycles. The van der Waals surface area contributed by atoms with Crippen molar-refractivity contribution in [3.63, 3.8) is 0 Å². The topological polar surface area (TPSA) is 32.8 Å². The van der Waals surface area contributed by atoms with Crippen LogP contribution in [0.3, 0.4) is 0 Å². The number of fused-ring (bicyclic) bond motifs is 1. The molecule has 0 aromatic heterocycles. The third kappa shape index (κ3) is 6.35. The highest BCUT2D eigenvalue weighted by Crippen LogP contribution is 2.26. The van der Waals surface area contributed by atoms with Crippen LogP contribution in [0.4, 0.5) is 0 Å². The first-order valence-corrected chi connectivity index (χ1v) is 12.2. The van der Waals surface area contributed by atoms with Gasteiger partial charge < -0.3 is 9.64 Å². The van der Waals surface area contributed by atoms with Crippen molar-refractivity contribution >= 4 is 16.7 Å². The molecule has 1 atom stereocenters. The van der Waals surface area contributed by atoms with E-state index in [9.17, 15) is 4.79 Å². The van der Waals surface area contributed by atoms with Crippen molar-refractivity contribution in [1.29, 1.82) is 0 Å². The van der Waals surface area contributed by atoms with E-state index in [0.717, 1.165) is 51.1 Å². The fraction of sp³-hybridized carbons (Fsp3) is 0.414. The zero-order valence-electron chi connectivity index (χ0n) is 20.0. The molecule has 1 amide bonds. The molecule has 3 aromatic carbocycles. The number of nitrogens with zero attached hydrogens (tertiary/aromatic N) is 2. The van der Waals surface area contributed by atoms with Gasteiger partial charge in [-0.15, -0.1) is 0 Å². The quantitative estimate of drug-likeness (QED) is 0.377. The van der Waals surface area contributed by atoms with Crippen LogP contribution in [0.2, 0.25) is 0 Å². The molecule has 0 N–H and O–H groups in total. The number of aryl methyl sites for hydroxylation is 1. The summed E-state index contributed by atoms with van der Waals surface area (Å²) in [6.07, 6.45) is 6.64. The van der Waals surface area contributed by atoms with E-state index in [1.165, 1.54) is 34.7 Å². The first-order valence-electron chi connectivity index (χ1n) is 12.2. The fourth-order valence-electron chi connectivity index (χ4n) is 4.73. The van der Waals surface area contributed by atoms with E-state index >= 15 is 0 Å². The number of unbranched alkanes of at least 4 members (excludes halogenated alkanes) is 2. The van der Waals surface area contributed by atoms with E-state index in [0.29, 0.717) is 0 Å². The number of likely N-dealkylation sites (N-methyl/N-ethyl adjacent to an activating group) is 1. The first-order chi connectivity index (χ1) is 16.1. The minimum Gasteiger partial charge on any atom is -0.494 e. The summed E-state index contributed by atoms with van der Waals surface area (Å²) in [5, 5.41) is 2.42. The van der Waals surface area contributed by atoms with Crippen LogP contribution in [-0.2, 0) is 17.8 Å². The summed E-state index contributed by atoms with van der Waals surface area (Å²) < 4.78 is 6.02. The van der Waals surface area contributed by atoms with E-state index in [4.69, 9.17) is 4.74 Å². The maximum Gasteiger partial charge on any atom is 0.239 e. The minimum atomic E-state index is 0.0131. The summed E-state index contributed by atoms with van der Waals surface area (Å²) in [4.78, 5) is 16.5. The second-order valence-electron chi connectivity index (χ2n) is 9.35. The van der Waals surface area contributed by atoms with Gasteiger partial charge in [-0.1, -0.05) is 48.5 Å². The Morgan fingerprint density at radius 3 is 2.55 bits per heavy atom. The summed E-state index contributed by atoms with van der Waals surface area (Å²) in [6.45, 7) is 2.57. The van der Waals surface area contributed by atoms with Crippen LogP contribution in [-0.4, -0.2) is 49.0 Å². The predicted molar refractivity (Wildman–Crippen MR) is 136 cm³/mol. The molecule has 1 aliphatic heterocycles. The molecule has 33 heavy (non-hydrogen) atoms. The van der Waals surface area contributed by atoms with Gasteiger partial charge in [0.05, 0.1) is 12.6 Å². The predicted octanol–water partition coefficient (Wildman–Crippen LogP) is 5.68. The molecule has 4 rings (SSSR count). The SMILES string of the molecule is CN(C)C(=O)[C@@H]1CCCN1Cc1ccc2cc(OCCCCCc3ccccc3)ccc2c1. The van der Waals surface area contributed by atoms with Crippen molar-refractivity contribution < 1.29 is 9.53 Å². The summed E-state index contributed by atoms with van der Waals surface area (Å²) in [5.41, 5.74) is 2.67. The Labute approximate surface area is 198 Å².